The maximum Gasteiger partial charge on any atom is 0.00892 e. The number of hydrogen-bond donors (Lipinski definition) is 1. The van der Waals surface area contributed by atoms with Crippen molar-refractivity contribution < 1.29 is 0 Å². The molecule has 0 bridgehead atoms. The summed E-state index contributed by atoms with van der Waals surface area (Å²) in [5, 5.41) is 7.65. The first kappa shape index (κ1) is 10.7. The lowest BCUT2D eigenvalue weighted by Gasteiger charge is -2.36. The molecule has 0 aromatic rings. The van der Waals surface area contributed by atoms with Crippen LogP contribution in [0.5, 0.6) is 0 Å². The minimum absolute atomic E-state index is 0.588. The van der Waals surface area contributed by atoms with Gasteiger partial charge >= 0.3 is 0 Å². The lowest BCUT2D eigenvalue weighted by Crippen LogP contribution is -2.29. The van der Waals surface area contributed by atoms with E-state index in [1.165, 1.54) is 19.3 Å². The Morgan fingerprint density at radius 1 is 1.31 bits per heavy atom. The molecule has 0 heterocycles. The van der Waals surface area contributed by atoms with Gasteiger partial charge in [0.2, 0.25) is 0 Å². The van der Waals surface area contributed by atoms with Crippen molar-refractivity contribution in [2.75, 3.05) is 0 Å². The third-order valence-electron chi connectivity index (χ3n) is 3.70. The van der Waals surface area contributed by atoms with Crippen molar-refractivity contribution in [3.63, 3.8) is 0 Å². The summed E-state index contributed by atoms with van der Waals surface area (Å²) >= 11 is 0. The largest absolute Gasteiger partial charge is 0.310 e. The lowest BCUT2D eigenvalue weighted by atomic mass is 9.69. The van der Waals surface area contributed by atoms with E-state index < -0.39 is 0 Å². The Balaban J connectivity index is 2.51. The lowest BCUT2D eigenvalue weighted by molar-refractivity contribution is 0.175. The molecular weight excluding hydrogens is 158 g/mol. The van der Waals surface area contributed by atoms with Gasteiger partial charge in [0.25, 0.3) is 0 Å². The zero-order valence-corrected chi connectivity index (χ0v) is 9.43. The van der Waals surface area contributed by atoms with Crippen molar-refractivity contribution >= 4 is 5.71 Å². The van der Waals surface area contributed by atoms with E-state index in [2.05, 4.69) is 20.8 Å². The van der Waals surface area contributed by atoms with Crippen molar-refractivity contribution in [2.24, 2.45) is 23.7 Å². The highest BCUT2D eigenvalue weighted by atomic mass is 14.5. The molecule has 0 aromatic carbocycles. The highest BCUT2D eigenvalue weighted by Gasteiger charge is 2.29. The van der Waals surface area contributed by atoms with Crippen LogP contribution in [-0.4, -0.2) is 5.71 Å². The molecular formula is C12H23N. The molecule has 0 radical (unpaired) electrons. The Kier molecular flexibility index (Phi) is 3.52. The molecule has 0 saturated heterocycles. The summed E-state index contributed by atoms with van der Waals surface area (Å²) in [5.41, 5.74) is 0.897. The van der Waals surface area contributed by atoms with Crippen molar-refractivity contribution in [3.8, 4) is 0 Å². The SMILES string of the molecule is CC(=N)C1CCC(C(C)C)C(C)C1. The summed E-state index contributed by atoms with van der Waals surface area (Å²) in [7, 11) is 0. The summed E-state index contributed by atoms with van der Waals surface area (Å²) in [4.78, 5) is 0. The fraction of sp³-hybridized carbons (Fsp3) is 0.917. The summed E-state index contributed by atoms with van der Waals surface area (Å²) in [6.45, 7) is 8.99. The van der Waals surface area contributed by atoms with Gasteiger partial charge in [-0.15, -0.1) is 0 Å². The van der Waals surface area contributed by atoms with Crippen LogP contribution in [0, 0.1) is 29.1 Å². The molecule has 0 aromatic heterocycles. The topological polar surface area (TPSA) is 23.9 Å². The zero-order chi connectivity index (χ0) is 10.0. The van der Waals surface area contributed by atoms with Crippen LogP contribution in [0.15, 0.2) is 0 Å². The van der Waals surface area contributed by atoms with E-state index >= 15 is 0 Å². The molecule has 76 valence electrons. The smallest absolute Gasteiger partial charge is 0.00892 e. The number of rotatable bonds is 2. The van der Waals surface area contributed by atoms with E-state index in [1.807, 2.05) is 6.92 Å². The highest BCUT2D eigenvalue weighted by Crippen LogP contribution is 2.37. The Morgan fingerprint density at radius 2 is 1.92 bits per heavy atom. The Morgan fingerprint density at radius 3 is 2.31 bits per heavy atom. The van der Waals surface area contributed by atoms with Crippen molar-refractivity contribution in [1.29, 1.82) is 5.41 Å². The molecule has 13 heavy (non-hydrogen) atoms. The summed E-state index contributed by atoms with van der Waals surface area (Å²) in [6, 6.07) is 0. The van der Waals surface area contributed by atoms with E-state index in [9.17, 15) is 0 Å². The van der Waals surface area contributed by atoms with Crippen LogP contribution in [0.25, 0.3) is 0 Å². The van der Waals surface area contributed by atoms with E-state index in [4.69, 9.17) is 5.41 Å². The molecule has 1 rings (SSSR count). The van der Waals surface area contributed by atoms with Crippen molar-refractivity contribution in [3.05, 3.63) is 0 Å². The molecule has 0 spiro atoms. The maximum atomic E-state index is 7.65. The van der Waals surface area contributed by atoms with Gasteiger partial charge in [0, 0.05) is 5.71 Å². The second-order valence-electron chi connectivity index (χ2n) is 5.08. The third kappa shape index (κ3) is 2.55. The summed E-state index contributed by atoms with van der Waals surface area (Å²) in [6.07, 6.45) is 3.83. The number of nitrogens with one attached hydrogen (secondary N) is 1. The van der Waals surface area contributed by atoms with Crippen LogP contribution in [0.3, 0.4) is 0 Å². The molecule has 1 aliphatic rings. The van der Waals surface area contributed by atoms with Gasteiger partial charge in [-0.2, -0.15) is 0 Å². The highest BCUT2D eigenvalue weighted by molar-refractivity contribution is 5.81. The van der Waals surface area contributed by atoms with Gasteiger partial charge in [-0.3, -0.25) is 0 Å². The first-order valence-electron chi connectivity index (χ1n) is 5.57. The van der Waals surface area contributed by atoms with E-state index in [0.29, 0.717) is 5.92 Å². The van der Waals surface area contributed by atoms with Gasteiger partial charge in [0.05, 0.1) is 0 Å². The normalized spacial score (nSPS) is 35.0. The van der Waals surface area contributed by atoms with E-state index in [1.54, 1.807) is 0 Å². The van der Waals surface area contributed by atoms with Crippen molar-refractivity contribution in [2.45, 2.75) is 47.0 Å². The molecule has 1 aliphatic carbocycles. The second kappa shape index (κ2) is 4.26. The van der Waals surface area contributed by atoms with Gasteiger partial charge < -0.3 is 5.41 Å². The van der Waals surface area contributed by atoms with E-state index in [0.717, 1.165) is 23.5 Å². The van der Waals surface area contributed by atoms with Crippen LogP contribution >= 0.6 is 0 Å². The molecule has 0 amide bonds. The van der Waals surface area contributed by atoms with Crippen LogP contribution in [0.2, 0.25) is 0 Å². The van der Waals surface area contributed by atoms with Crippen molar-refractivity contribution in [1.82, 2.24) is 0 Å². The average molecular weight is 181 g/mol. The Bertz CT molecular complexity index is 184. The molecule has 3 unspecified atom stereocenters. The van der Waals surface area contributed by atoms with Crippen LogP contribution in [0.1, 0.15) is 47.0 Å². The standard InChI is InChI=1S/C12H23N/c1-8(2)12-6-5-11(10(4)13)7-9(12)3/h8-9,11-13H,5-7H2,1-4H3. The van der Waals surface area contributed by atoms with Gasteiger partial charge in [-0.1, -0.05) is 20.8 Å². The van der Waals surface area contributed by atoms with Crippen LogP contribution in [0.4, 0.5) is 0 Å². The number of hydrogen-bond acceptors (Lipinski definition) is 1. The van der Waals surface area contributed by atoms with E-state index in [-0.39, 0.29) is 0 Å². The maximum absolute atomic E-state index is 7.65. The molecule has 1 N–H and O–H groups in total. The van der Waals surface area contributed by atoms with Crippen LogP contribution in [-0.2, 0) is 0 Å². The fourth-order valence-corrected chi connectivity index (χ4v) is 2.80. The molecule has 3 atom stereocenters. The minimum atomic E-state index is 0.588. The zero-order valence-electron chi connectivity index (χ0n) is 9.43. The molecule has 0 aliphatic heterocycles. The third-order valence-corrected chi connectivity index (χ3v) is 3.70. The Labute approximate surface area is 82.4 Å². The Hall–Kier alpha value is -0.330. The van der Waals surface area contributed by atoms with Gasteiger partial charge in [0.15, 0.2) is 0 Å². The monoisotopic (exact) mass is 181 g/mol. The fourth-order valence-electron chi connectivity index (χ4n) is 2.80. The first-order chi connectivity index (χ1) is 6.02. The predicted molar refractivity (Wildman–Crippen MR) is 58.2 cm³/mol. The van der Waals surface area contributed by atoms with Gasteiger partial charge in [-0.25, -0.2) is 0 Å². The quantitative estimate of drug-likeness (QED) is 0.628. The van der Waals surface area contributed by atoms with Crippen LogP contribution < -0.4 is 0 Å². The molecule has 1 heteroatoms. The van der Waals surface area contributed by atoms with Gasteiger partial charge in [0.1, 0.15) is 0 Å². The first-order valence-corrected chi connectivity index (χ1v) is 5.57. The summed E-state index contributed by atoms with van der Waals surface area (Å²) < 4.78 is 0. The summed E-state index contributed by atoms with van der Waals surface area (Å²) in [5.74, 6) is 3.13. The minimum Gasteiger partial charge on any atom is -0.310 e. The average Bonchev–Trinajstić information content (AvgIpc) is 2.03. The molecule has 1 nitrogen and oxygen atoms in total. The molecule has 1 fully saturated rings. The van der Waals surface area contributed by atoms with Gasteiger partial charge in [-0.05, 0) is 49.9 Å². The second-order valence-corrected chi connectivity index (χ2v) is 5.08. The predicted octanol–water partition coefficient (Wildman–Crippen LogP) is 3.73. The molecule has 1 saturated carbocycles.